The average molecular weight is 284 g/mol. The molecule has 106 valence electrons. The lowest BCUT2D eigenvalue weighted by molar-refractivity contribution is -0.137. The Morgan fingerprint density at radius 1 is 1.30 bits per heavy atom. The third-order valence-electron chi connectivity index (χ3n) is 2.68. The first kappa shape index (κ1) is 14.1. The Morgan fingerprint density at radius 2 is 1.95 bits per heavy atom. The van der Waals surface area contributed by atoms with E-state index in [4.69, 9.17) is 4.74 Å². The summed E-state index contributed by atoms with van der Waals surface area (Å²) in [6.07, 6.45) is -2.95. The second-order valence-electron chi connectivity index (χ2n) is 4.08. The third-order valence-corrected chi connectivity index (χ3v) is 2.68. The Kier molecular flexibility index (Phi) is 3.78. The normalized spacial score (nSPS) is 11.4. The summed E-state index contributed by atoms with van der Waals surface area (Å²) in [6.45, 7) is -0.248. The number of nitrogens with zero attached hydrogens (tertiary/aromatic N) is 2. The highest BCUT2D eigenvalue weighted by atomic mass is 19.4. The van der Waals surface area contributed by atoms with E-state index < -0.39 is 11.7 Å². The number of ether oxygens (including phenoxy) is 1. The van der Waals surface area contributed by atoms with E-state index >= 15 is 0 Å². The van der Waals surface area contributed by atoms with Gasteiger partial charge in [-0.05, 0) is 24.3 Å². The predicted octanol–water partition coefficient (Wildman–Crippen LogP) is 2.79. The van der Waals surface area contributed by atoms with E-state index in [0.29, 0.717) is 17.5 Å². The maximum atomic E-state index is 12.4. The van der Waals surface area contributed by atoms with Crippen molar-refractivity contribution in [3.63, 3.8) is 0 Å². The fourth-order valence-electron chi connectivity index (χ4n) is 1.61. The van der Waals surface area contributed by atoms with Crippen molar-refractivity contribution >= 4 is 5.78 Å². The smallest absolute Gasteiger partial charge is 0.419 e. The zero-order valence-electron chi connectivity index (χ0n) is 10.5. The largest absolute Gasteiger partial charge is 0.497 e. The Labute approximate surface area is 112 Å². The van der Waals surface area contributed by atoms with Gasteiger partial charge in [-0.15, -0.1) is 0 Å². The number of carbonyl (C=O) groups excluding carboxylic acids is 1. The molecule has 0 aliphatic carbocycles. The summed E-state index contributed by atoms with van der Waals surface area (Å²) in [7, 11) is 1.50. The molecule has 0 bridgehead atoms. The van der Waals surface area contributed by atoms with Gasteiger partial charge in [-0.25, -0.2) is 0 Å². The van der Waals surface area contributed by atoms with Gasteiger partial charge >= 0.3 is 6.18 Å². The van der Waals surface area contributed by atoms with E-state index in [1.165, 1.54) is 7.11 Å². The lowest BCUT2D eigenvalue weighted by atomic mass is 10.1. The highest BCUT2D eigenvalue weighted by Gasteiger charge is 2.32. The van der Waals surface area contributed by atoms with Crippen molar-refractivity contribution in [1.29, 1.82) is 0 Å². The molecule has 0 fully saturated rings. The van der Waals surface area contributed by atoms with E-state index in [-0.39, 0.29) is 12.3 Å². The molecular weight excluding hydrogens is 273 g/mol. The molecule has 0 unspecified atom stereocenters. The van der Waals surface area contributed by atoms with E-state index in [0.717, 1.165) is 10.9 Å². The standard InChI is InChI=1S/C13H11F3N2O2/c1-20-11-4-2-9(3-5-11)12(19)8-18-7-10(6-17-18)13(14,15)16/h2-7H,8H2,1H3. The van der Waals surface area contributed by atoms with Crippen molar-refractivity contribution in [2.75, 3.05) is 7.11 Å². The lowest BCUT2D eigenvalue weighted by Crippen LogP contribution is -2.11. The van der Waals surface area contributed by atoms with Gasteiger partial charge < -0.3 is 4.74 Å². The number of alkyl halides is 3. The van der Waals surface area contributed by atoms with Crippen LogP contribution in [-0.4, -0.2) is 22.7 Å². The second kappa shape index (κ2) is 5.36. The van der Waals surface area contributed by atoms with Crippen LogP contribution in [0.15, 0.2) is 36.7 Å². The summed E-state index contributed by atoms with van der Waals surface area (Å²) >= 11 is 0. The van der Waals surface area contributed by atoms with Gasteiger partial charge in [0, 0.05) is 11.8 Å². The first-order valence-corrected chi connectivity index (χ1v) is 5.67. The molecule has 2 aromatic rings. The number of hydrogen-bond donors (Lipinski definition) is 0. The zero-order chi connectivity index (χ0) is 14.8. The van der Waals surface area contributed by atoms with Gasteiger partial charge in [-0.1, -0.05) is 0 Å². The third kappa shape index (κ3) is 3.17. The minimum atomic E-state index is -4.46. The molecular formula is C13H11F3N2O2. The number of methoxy groups -OCH3 is 1. The fraction of sp³-hybridized carbons (Fsp3) is 0.231. The average Bonchev–Trinajstić information content (AvgIpc) is 2.87. The first-order valence-electron chi connectivity index (χ1n) is 5.67. The monoisotopic (exact) mass is 284 g/mol. The summed E-state index contributed by atoms with van der Waals surface area (Å²) < 4.78 is 43.1. The van der Waals surface area contributed by atoms with Gasteiger partial charge in [0.25, 0.3) is 0 Å². The highest BCUT2D eigenvalue weighted by molar-refractivity contribution is 5.95. The Balaban J connectivity index is 2.09. The molecule has 0 radical (unpaired) electrons. The van der Waals surface area contributed by atoms with Crippen LogP contribution < -0.4 is 4.74 Å². The number of carbonyl (C=O) groups is 1. The van der Waals surface area contributed by atoms with Crippen molar-refractivity contribution in [1.82, 2.24) is 9.78 Å². The molecule has 0 aliphatic heterocycles. The number of hydrogen-bond acceptors (Lipinski definition) is 3. The molecule has 0 saturated carbocycles. The van der Waals surface area contributed by atoms with Crippen LogP contribution >= 0.6 is 0 Å². The molecule has 7 heteroatoms. The molecule has 1 heterocycles. The first-order chi connectivity index (χ1) is 9.40. The van der Waals surface area contributed by atoms with Crippen LogP contribution in [0.5, 0.6) is 5.75 Å². The Hall–Kier alpha value is -2.31. The number of halogens is 3. The van der Waals surface area contributed by atoms with Crippen molar-refractivity contribution in [2.24, 2.45) is 0 Å². The van der Waals surface area contributed by atoms with Gasteiger partial charge in [-0.3, -0.25) is 9.48 Å². The van der Waals surface area contributed by atoms with Crippen LogP contribution in [0.1, 0.15) is 15.9 Å². The number of benzene rings is 1. The highest BCUT2D eigenvalue weighted by Crippen LogP contribution is 2.28. The predicted molar refractivity (Wildman–Crippen MR) is 64.6 cm³/mol. The van der Waals surface area contributed by atoms with Crippen LogP contribution in [0.3, 0.4) is 0 Å². The lowest BCUT2D eigenvalue weighted by Gasteiger charge is -2.04. The van der Waals surface area contributed by atoms with E-state index in [2.05, 4.69) is 5.10 Å². The SMILES string of the molecule is COc1ccc(C(=O)Cn2cc(C(F)(F)F)cn2)cc1. The number of Topliss-reactive ketones (excluding diaryl/α,β-unsaturated/α-hetero) is 1. The Morgan fingerprint density at radius 3 is 2.45 bits per heavy atom. The maximum Gasteiger partial charge on any atom is 0.419 e. The van der Waals surface area contributed by atoms with Crippen LogP contribution in [0.4, 0.5) is 13.2 Å². The summed E-state index contributed by atoms with van der Waals surface area (Å²) in [5, 5.41) is 3.53. The Bertz CT molecular complexity index is 603. The molecule has 2 rings (SSSR count). The molecule has 20 heavy (non-hydrogen) atoms. The maximum absolute atomic E-state index is 12.4. The van der Waals surface area contributed by atoms with Gasteiger partial charge in [-0.2, -0.15) is 18.3 Å². The minimum Gasteiger partial charge on any atom is -0.497 e. The van der Waals surface area contributed by atoms with E-state index in [1.807, 2.05) is 0 Å². The zero-order valence-corrected chi connectivity index (χ0v) is 10.5. The summed E-state index contributed by atoms with van der Waals surface area (Å²) in [6, 6.07) is 6.32. The fourth-order valence-corrected chi connectivity index (χ4v) is 1.61. The van der Waals surface area contributed by atoms with Gasteiger partial charge in [0.05, 0.1) is 18.9 Å². The van der Waals surface area contributed by atoms with Gasteiger partial charge in [0.1, 0.15) is 12.3 Å². The number of aromatic nitrogens is 2. The second-order valence-corrected chi connectivity index (χ2v) is 4.08. The van der Waals surface area contributed by atoms with Crippen LogP contribution in [0.2, 0.25) is 0 Å². The van der Waals surface area contributed by atoms with Gasteiger partial charge in [0.2, 0.25) is 0 Å². The van der Waals surface area contributed by atoms with Crippen molar-refractivity contribution < 1.29 is 22.7 Å². The molecule has 0 N–H and O–H groups in total. The molecule has 0 spiro atoms. The van der Waals surface area contributed by atoms with Crippen molar-refractivity contribution in [3.8, 4) is 5.75 Å². The molecule has 1 aromatic heterocycles. The van der Waals surface area contributed by atoms with E-state index in [1.54, 1.807) is 24.3 Å². The minimum absolute atomic E-state index is 0.248. The van der Waals surface area contributed by atoms with Gasteiger partial charge in [0.15, 0.2) is 5.78 Å². The number of ketones is 1. The van der Waals surface area contributed by atoms with Crippen molar-refractivity contribution in [3.05, 3.63) is 47.8 Å². The summed E-state index contributed by atoms with van der Waals surface area (Å²) in [4.78, 5) is 11.9. The summed E-state index contributed by atoms with van der Waals surface area (Å²) in [5.74, 6) is 0.268. The molecule has 4 nitrogen and oxygen atoms in total. The quantitative estimate of drug-likeness (QED) is 0.811. The topological polar surface area (TPSA) is 44.1 Å². The van der Waals surface area contributed by atoms with E-state index in [9.17, 15) is 18.0 Å². The molecule has 0 saturated heterocycles. The van der Waals surface area contributed by atoms with Crippen molar-refractivity contribution in [2.45, 2.75) is 12.7 Å². The number of rotatable bonds is 4. The van der Waals surface area contributed by atoms with Crippen LogP contribution in [0, 0.1) is 0 Å². The van der Waals surface area contributed by atoms with Crippen LogP contribution in [0.25, 0.3) is 0 Å². The molecule has 0 aliphatic rings. The molecule has 1 aromatic carbocycles. The van der Waals surface area contributed by atoms with Crippen LogP contribution in [-0.2, 0) is 12.7 Å². The molecule has 0 atom stereocenters. The molecule has 0 amide bonds. The summed E-state index contributed by atoms with van der Waals surface area (Å²) in [5.41, 5.74) is -0.491.